The Labute approximate surface area is 97.8 Å². The first-order chi connectivity index (χ1) is 7.56. The second kappa shape index (κ2) is 5.82. The summed E-state index contributed by atoms with van der Waals surface area (Å²) >= 11 is 5.42. The van der Waals surface area contributed by atoms with Crippen LogP contribution in [0.1, 0.15) is 17.2 Å². The van der Waals surface area contributed by atoms with Crippen molar-refractivity contribution in [2.75, 3.05) is 12.5 Å². The van der Waals surface area contributed by atoms with Gasteiger partial charge in [-0.15, -0.1) is 11.6 Å². The van der Waals surface area contributed by atoms with Gasteiger partial charge in [0, 0.05) is 5.88 Å². The van der Waals surface area contributed by atoms with Crippen molar-refractivity contribution in [2.45, 2.75) is 13.0 Å². The molecule has 1 N–H and O–H groups in total. The topological polar surface area (TPSA) is 46.5 Å². The highest BCUT2D eigenvalue weighted by molar-refractivity contribution is 6.17. The third-order valence-electron chi connectivity index (χ3n) is 2.07. The van der Waals surface area contributed by atoms with Crippen molar-refractivity contribution < 1.29 is 19.0 Å². The van der Waals surface area contributed by atoms with Crippen molar-refractivity contribution in [3.63, 3.8) is 0 Å². The van der Waals surface area contributed by atoms with Crippen LogP contribution in [0.25, 0.3) is 0 Å². The minimum absolute atomic E-state index is 0.134. The van der Waals surface area contributed by atoms with E-state index >= 15 is 0 Å². The Hall–Kier alpha value is -1.13. The van der Waals surface area contributed by atoms with E-state index in [1.165, 1.54) is 18.2 Å². The Morgan fingerprint density at radius 1 is 1.62 bits per heavy atom. The third-order valence-corrected chi connectivity index (χ3v) is 2.23. The summed E-state index contributed by atoms with van der Waals surface area (Å²) in [5.74, 6) is -1.27. The van der Waals surface area contributed by atoms with E-state index in [0.717, 1.165) is 0 Å². The molecule has 0 heterocycles. The number of ether oxygens (including phenoxy) is 1. The van der Waals surface area contributed by atoms with E-state index in [0.29, 0.717) is 11.1 Å². The minimum atomic E-state index is -1.11. The van der Waals surface area contributed by atoms with Crippen LogP contribution in [0.3, 0.4) is 0 Å². The fourth-order valence-corrected chi connectivity index (χ4v) is 1.39. The summed E-state index contributed by atoms with van der Waals surface area (Å²) in [4.78, 5) is 10.9. The van der Waals surface area contributed by atoms with Gasteiger partial charge in [0.25, 0.3) is 0 Å². The number of benzene rings is 1. The average molecular weight is 247 g/mol. The first-order valence-corrected chi connectivity index (χ1v) is 5.26. The van der Waals surface area contributed by atoms with Crippen LogP contribution in [-0.2, 0) is 9.53 Å². The maximum absolute atomic E-state index is 13.0. The second-order valence-corrected chi connectivity index (χ2v) is 3.66. The number of halogens is 2. The van der Waals surface area contributed by atoms with Gasteiger partial charge in [-0.2, -0.15) is 0 Å². The van der Waals surface area contributed by atoms with Crippen molar-refractivity contribution in [1.29, 1.82) is 0 Å². The van der Waals surface area contributed by atoms with Gasteiger partial charge >= 0.3 is 5.97 Å². The molecule has 0 saturated heterocycles. The van der Waals surface area contributed by atoms with E-state index in [2.05, 4.69) is 0 Å². The van der Waals surface area contributed by atoms with E-state index in [-0.39, 0.29) is 18.3 Å². The molecule has 3 nitrogen and oxygen atoms in total. The largest absolute Gasteiger partial charge is 0.479 e. The molecule has 0 saturated carbocycles. The van der Waals surface area contributed by atoms with Crippen molar-refractivity contribution in [3.05, 3.63) is 35.1 Å². The van der Waals surface area contributed by atoms with Crippen LogP contribution < -0.4 is 0 Å². The lowest BCUT2D eigenvalue weighted by molar-refractivity contribution is -0.150. The quantitative estimate of drug-likeness (QED) is 0.812. The van der Waals surface area contributed by atoms with Gasteiger partial charge in [-0.3, -0.25) is 0 Å². The van der Waals surface area contributed by atoms with Crippen LogP contribution in [-0.4, -0.2) is 23.6 Å². The number of aliphatic carboxylic acids is 1. The zero-order chi connectivity index (χ0) is 12.1. The number of carbonyl (C=O) groups is 1. The molecule has 16 heavy (non-hydrogen) atoms. The fourth-order valence-electron chi connectivity index (χ4n) is 1.30. The normalized spacial score (nSPS) is 12.4. The van der Waals surface area contributed by atoms with E-state index in [9.17, 15) is 9.18 Å². The molecule has 1 atom stereocenters. The number of hydrogen-bond acceptors (Lipinski definition) is 2. The molecule has 0 spiro atoms. The Kier molecular flexibility index (Phi) is 4.71. The lowest BCUT2D eigenvalue weighted by Gasteiger charge is -2.13. The lowest BCUT2D eigenvalue weighted by Crippen LogP contribution is -2.16. The molecule has 0 aromatic heterocycles. The SMILES string of the molecule is Cc1cc(C(OCCCl)C(=O)O)ccc1F. The number of alkyl halides is 1. The maximum Gasteiger partial charge on any atom is 0.337 e. The van der Waals surface area contributed by atoms with Gasteiger partial charge in [0.15, 0.2) is 6.10 Å². The average Bonchev–Trinajstić information content (AvgIpc) is 2.23. The summed E-state index contributed by atoms with van der Waals surface area (Å²) in [6, 6.07) is 4.09. The van der Waals surface area contributed by atoms with E-state index < -0.39 is 12.1 Å². The molecular weight excluding hydrogens is 235 g/mol. The van der Waals surface area contributed by atoms with E-state index in [4.69, 9.17) is 21.4 Å². The first kappa shape index (κ1) is 12.9. The van der Waals surface area contributed by atoms with Crippen molar-refractivity contribution >= 4 is 17.6 Å². The van der Waals surface area contributed by atoms with Gasteiger partial charge in [0.2, 0.25) is 0 Å². The van der Waals surface area contributed by atoms with Gasteiger partial charge < -0.3 is 9.84 Å². The predicted molar refractivity (Wildman–Crippen MR) is 58.2 cm³/mol. The predicted octanol–water partition coefficient (Wildman–Crippen LogP) is 2.52. The highest BCUT2D eigenvalue weighted by Gasteiger charge is 2.20. The number of rotatable bonds is 5. The van der Waals surface area contributed by atoms with Gasteiger partial charge in [0.1, 0.15) is 5.82 Å². The molecule has 5 heteroatoms. The first-order valence-electron chi connectivity index (χ1n) is 4.72. The third kappa shape index (κ3) is 3.18. The zero-order valence-electron chi connectivity index (χ0n) is 8.74. The van der Waals surface area contributed by atoms with Crippen LogP contribution in [0.5, 0.6) is 0 Å². The van der Waals surface area contributed by atoms with E-state index in [1.807, 2.05) is 0 Å². The monoisotopic (exact) mass is 246 g/mol. The molecule has 1 aromatic carbocycles. The molecule has 0 bridgehead atoms. The van der Waals surface area contributed by atoms with Gasteiger partial charge in [-0.05, 0) is 30.2 Å². The zero-order valence-corrected chi connectivity index (χ0v) is 9.50. The fraction of sp³-hybridized carbons (Fsp3) is 0.364. The summed E-state index contributed by atoms with van der Waals surface area (Å²) in [7, 11) is 0. The molecule has 1 aromatic rings. The van der Waals surface area contributed by atoms with Gasteiger partial charge in [-0.25, -0.2) is 9.18 Å². The van der Waals surface area contributed by atoms with Crippen LogP contribution in [0.2, 0.25) is 0 Å². The molecule has 0 amide bonds. The Balaban J connectivity index is 2.92. The lowest BCUT2D eigenvalue weighted by atomic mass is 10.1. The molecule has 88 valence electrons. The van der Waals surface area contributed by atoms with Crippen LogP contribution in [0.15, 0.2) is 18.2 Å². The molecule has 0 aliphatic rings. The van der Waals surface area contributed by atoms with Gasteiger partial charge in [0.05, 0.1) is 6.61 Å². The second-order valence-electron chi connectivity index (χ2n) is 3.29. The Morgan fingerprint density at radius 2 is 2.31 bits per heavy atom. The summed E-state index contributed by atoms with van der Waals surface area (Å²) < 4.78 is 18.1. The molecule has 0 radical (unpaired) electrons. The van der Waals surface area contributed by atoms with Crippen LogP contribution in [0, 0.1) is 12.7 Å². The van der Waals surface area contributed by atoms with Crippen LogP contribution in [0.4, 0.5) is 4.39 Å². The number of hydrogen-bond donors (Lipinski definition) is 1. The summed E-state index contributed by atoms with van der Waals surface area (Å²) in [6.07, 6.45) is -1.10. The summed E-state index contributed by atoms with van der Waals surface area (Å²) in [5, 5.41) is 8.95. The van der Waals surface area contributed by atoms with Crippen molar-refractivity contribution in [3.8, 4) is 0 Å². The standard InChI is InChI=1S/C11H12ClFO3/c1-7-6-8(2-3-9(7)13)10(11(14)15)16-5-4-12/h2-3,6,10H,4-5H2,1H3,(H,14,15). The number of aryl methyl sites for hydroxylation is 1. The highest BCUT2D eigenvalue weighted by atomic mass is 35.5. The minimum Gasteiger partial charge on any atom is -0.479 e. The smallest absolute Gasteiger partial charge is 0.337 e. The molecule has 0 aliphatic carbocycles. The van der Waals surface area contributed by atoms with Crippen molar-refractivity contribution in [1.82, 2.24) is 0 Å². The van der Waals surface area contributed by atoms with Crippen molar-refractivity contribution in [2.24, 2.45) is 0 Å². The maximum atomic E-state index is 13.0. The summed E-state index contributed by atoms with van der Waals surface area (Å²) in [5.41, 5.74) is 0.801. The van der Waals surface area contributed by atoms with Gasteiger partial charge in [-0.1, -0.05) is 6.07 Å². The molecule has 0 fully saturated rings. The molecule has 0 aliphatic heterocycles. The molecule has 1 unspecified atom stereocenters. The summed E-state index contributed by atoms with van der Waals surface area (Å²) in [6.45, 7) is 1.70. The van der Waals surface area contributed by atoms with Crippen LogP contribution >= 0.6 is 11.6 Å². The Bertz CT molecular complexity index is 381. The van der Waals surface area contributed by atoms with E-state index in [1.54, 1.807) is 6.92 Å². The molecule has 1 rings (SSSR count). The molecular formula is C11H12ClFO3. The Morgan fingerprint density at radius 3 is 2.81 bits per heavy atom. The number of carboxylic acids is 1. The number of carboxylic acid groups (broad SMARTS) is 1. The highest BCUT2D eigenvalue weighted by Crippen LogP contribution is 2.20.